The third-order valence-corrected chi connectivity index (χ3v) is 4.25. The molecule has 1 saturated heterocycles. The van der Waals surface area contributed by atoms with Gasteiger partial charge in [-0.1, -0.05) is 17.7 Å². The van der Waals surface area contributed by atoms with Crippen molar-refractivity contribution in [1.82, 2.24) is 14.4 Å². The Kier molecular flexibility index (Phi) is 3.44. The number of aromatic nitrogens is 1. The molecule has 0 radical (unpaired) electrons. The number of hydrogen-bond acceptors (Lipinski definition) is 2. The lowest BCUT2D eigenvalue weighted by atomic mass is 10.2. The second-order valence-corrected chi connectivity index (χ2v) is 5.82. The van der Waals surface area contributed by atoms with Gasteiger partial charge in [-0.05, 0) is 25.2 Å². The second kappa shape index (κ2) is 5.11. The molecule has 0 bridgehead atoms. The normalized spacial score (nSPS) is 16.9. The van der Waals surface area contributed by atoms with Gasteiger partial charge in [0.1, 0.15) is 5.69 Å². The molecule has 1 amide bonds. The molecule has 1 aliphatic heterocycles. The van der Waals surface area contributed by atoms with E-state index in [2.05, 4.69) is 11.9 Å². The number of aryl methyl sites for hydroxylation is 1. The average Bonchev–Trinajstić information content (AvgIpc) is 2.76. The quantitative estimate of drug-likeness (QED) is 0.806. The molecule has 3 rings (SSSR count). The Bertz CT molecular complexity index is 656. The number of amides is 1. The lowest BCUT2D eigenvalue weighted by molar-refractivity contribution is 0.0655. The van der Waals surface area contributed by atoms with Gasteiger partial charge in [0.25, 0.3) is 5.91 Å². The first-order valence-corrected chi connectivity index (χ1v) is 7.17. The number of piperazine rings is 1. The number of rotatable bonds is 1. The van der Waals surface area contributed by atoms with Gasteiger partial charge in [0, 0.05) is 49.2 Å². The van der Waals surface area contributed by atoms with E-state index in [1.165, 1.54) is 0 Å². The summed E-state index contributed by atoms with van der Waals surface area (Å²) < 4.78 is 1.93. The summed E-state index contributed by atoms with van der Waals surface area (Å²) in [7, 11) is 4.00. The number of fused-ring (bicyclic) bond motifs is 1. The van der Waals surface area contributed by atoms with Gasteiger partial charge in [0.05, 0.1) is 0 Å². The molecule has 1 fully saturated rings. The van der Waals surface area contributed by atoms with Crippen molar-refractivity contribution < 1.29 is 4.79 Å². The smallest absolute Gasteiger partial charge is 0.270 e. The van der Waals surface area contributed by atoms with Crippen LogP contribution in [-0.2, 0) is 7.05 Å². The summed E-state index contributed by atoms with van der Waals surface area (Å²) in [4.78, 5) is 16.8. The van der Waals surface area contributed by atoms with Crippen LogP contribution in [-0.4, -0.2) is 53.5 Å². The van der Waals surface area contributed by atoms with Crippen LogP contribution in [0, 0.1) is 0 Å². The first-order chi connectivity index (χ1) is 9.56. The van der Waals surface area contributed by atoms with E-state index in [4.69, 9.17) is 11.6 Å². The summed E-state index contributed by atoms with van der Waals surface area (Å²) in [5, 5.41) is 1.74. The topological polar surface area (TPSA) is 28.5 Å². The van der Waals surface area contributed by atoms with Gasteiger partial charge in [-0.3, -0.25) is 4.79 Å². The van der Waals surface area contributed by atoms with Gasteiger partial charge in [-0.25, -0.2) is 0 Å². The van der Waals surface area contributed by atoms with Crippen molar-refractivity contribution in [3.8, 4) is 0 Å². The molecule has 1 aliphatic rings. The van der Waals surface area contributed by atoms with E-state index >= 15 is 0 Å². The Hall–Kier alpha value is -1.52. The monoisotopic (exact) mass is 291 g/mol. The van der Waals surface area contributed by atoms with Crippen molar-refractivity contribution in [3.05, 3.63) is 35.0 Å². The van der Waals surface area contributed by atoms with Crippen molar-refractivity contribution in [1.29, 1.82) is 0 Å². The molecule has 0 aliphatic carbocycles. The van der Waals surface area contributed by atoms with Crippen LogP contribution in [0.3, 0.4) is 0 Å². The highest BCUT2D eigenvalue weighted by Gasteiger charge is 2.23. The fraction of sp³-hybridized carbons (Fsp3) is 0.400. The summed E-state index contributed by atoms with van der Waals surface area (Å²) in [6, 6.07) is 7.66. The largest absolute Gasteiger partial charge is 0.340 e. The minimum absolute atomic E-state index is 0.105. The van der Waals surface area contributed by atoms with Gasteiger partial charge in [0.15, 0.2) is 0 Å². The summed E-state index contributed by atoms with van der Waals surface area (Å²) >= 11 is 6.03. The minimum Gasteiger partial charge on any atom is -0.340 e. The van der Waals surface area contributed by atoms with Gasteiger partial charge in [0.2, 0.25) is 0 Å². The Morgan fingerprint density at radius 3 is 2.50 bits per heavy atom. The first kappa shape index (κ1) is 13.5. The van der Waals surface area contributed by atoms with E-state index in [9.17, 15) is 4.79 Å². The third kappa shape index (κ3) is 2.30. The molecule has 4 nitrogen and oxygen atoms in total. The molecule has 0 saturated carbocycles. The van der Waals surface area contributed by atoms with Gasteiger partial charge >= 0.3 is 0 Å². The molecule has 1 aromatic carbocycles. The molecular weight excluding hydrogens is 274 g/mol. The van der Waals surface area contributed by atoms with Crippen molar-refractivity contribution >= 4 is 28.4 Å². The molecule has 20 heavy (non-hydrogen) atoms. The predicted molar refractivity (Wildman–Crippen MR) is 81.3 cm³/mol. The van der Waals surface area contributed by atoms with Gasteiger partial charge in [-0.15, -0.1) is 0 Å². The maximum Gasteiger partial charge on any atom is 0.270 e. The van der Waals surface area contributed by atoms with E-state index in [1.807, 2.05) is 40.8 Å². The van der Waals surface area contributed by atoms with Crippen LogP contribution >= 0.6 is 11.6 Å². The molecular formula is C15H18ClN3O. The van der Waals surface area contributed by atoms with Crippen molar-refractivity contribution in [3.63, 3.8) is 0 Å². The zero-order chi connectivity index (χ0) is 14.3. The Morgan fingerprint density at radius 2 is 1.80 bits per heavy atom. The Labute approximate surface area is 123 Å². The molecule has 106 valence electrons. The molecule has 0 N–H and O–H groups in total. The van der Waals surface area contributed by atoms with E-state index in [0.717, 1.165) is 42.8 Å². The molecule has 2 heterocycles. The maximum absolute atomic E-state index is 12.6. The third-order valence-electron chi connectivity index (χ3n) is 4.02. The number of hydrogen-bond donors (Lipinski definition) is 0. The van der Waals surface area contributed by atoms with Crippen LogP contribution in [0.4, 0.5) is 0 Å². The molecule has 2 aromatic rings. The molecule has 0 spiro atoms. The lowest BCUT2D eigenvalue weighted by Crippen LogP contribution is -2.47. The van der Waals surface area contributed by atoms with Gasteiger partial charge in [-0.2, -0.15) is 0 Å². The molecule has 5 heteroatoms. The fourth-order valence-corrected chi connectivity index (χ4v) is 2.85. The van der Waals surface area contributed by atoms with Crippen LogP contribution in [0.1, 0.15) is 10.5 Å². The van der Waals surface area contributed by atoms with E-state index < -0.39 is 0 Å². The van der Waals surface area contributed by atoms with Crippen LogP contribution in [0.15, 0.2) is 24.3 Å². The Balaban J connectivity index is 1.93. The number of carbonyl (C=O) groups is 1. The van der Waals surface area contributed by atoms with Crippen LogP contribution in [0.2, 0.25) is 5.02 Å². The van der Waals surface area contributed by atoms with Crippen molar-refractivity contribution in [2.24, 2.45) is 7.05 Å². The summed E-state index contributed by atoms with van der Waals surface area (Å²) in [5.41, 5.74) is 1.72. The number of likely N-dealkylation sites (N-methyl/N-ethyl adjacent to an activating group) is 1. The highest BCUT2D eigenvalue weighted by molar-refractivity contribution is 6.31. The highest BCUT2D eigenvalue weighted by Crippen LogP contribution is 2.23. The summed E-state index contributed by atoms with van der Waals surface area (Å²) in [6.07, 6.45) is 0. The molecule has 0 unspecified atom stereocenters. The minimum atomic E-state index is 0.105. The molecule has 0 atom stereocenters. The highest BCUT2D eigenvalue weighted by atomic mass is 35.5. The summed E-state index contributed by atoms with van der Waals surface area (Å²) in [6.45, 7) is 3.44. The predicted octanol–water partition coefficient (Wildman–Crippen LogP) is 2.22. The fourth-order valence-electron chi connectivity index (χ4n) is 2.68. The zero-order valence-corrected chi connectivity index (χ0v) is 12.5. The standard InChI is InChI=1S/C15H18ClN3O/c1-17-5-7-19(8-6-17)15(20)14-9-11-3-4-12(16)10-13(11)18(14)2/h3-4,9-10H,5-8H2,1-2H3. The molecule has 1 aromatic heterocycles. The van der Waals surface area contributed by atoms with E-state index in [0.29, 0.717) is 5.02 Å². The maximum atomic E-state index is 12.6. The van der Waals surface area contributed by atoms with Crippen LogP contribution < -0.4 is 0 Å². The number of benzene rings is 1. The second-order valence-electron chi connectivity index (χ2n) is 5.39. The van der Waals surface area contributed by atoms with Crippen LogP contribution in [0.5, 0.6) is 0 Å². The van der Waals surface area contributed by atoms with Crippen LogP contribution in [0.25, 0.3) is 10.9 Å². The average molecular weight is 292 g/mol. The SMILES string of the molecule is CN1CCN(C(=O)c2cc3ccc(Cl)cc3n2C)CC1. The zero-order valence-electron chi connectivity index (χ0n) is 11.8. The Morgan fingerprint density at radius 1 is 1.10 bits per heavy atom. The van der Waals surface area contributed by atoms with Crippen molar-refractivity contribution in [2.75, 3.05) is 33.2 Å². The number of carbonyl (C=O) groups excluding carboxylic acids is 1. The lowest BCUT2D eigenvalue weighted by Gasteiger charge is -2.32. The van der Waals surface area contributed by atoms with E-state index in [1.54, 1.807) is 0 Å². The first-order valence-electron chi connectivity index (χ1n) is 6.79. The van der Waals surface area contributed by atoms with Crippen molar-refractivity contribution in [2.45, 2.75) is 0 Å². The van der Waals surface area contributed by atoms with Gasteiger partial charge < -0.3 is 14.4 Å². The summed E-state index contributed by atoms with van der Waals surface area (Å²) in [5.74, 6) is 0.105. The number of nitrogens with zero attached hydrogens (tertiary/aromatic N) is 3. The number of halogens is 1. The van der Waals surface area contributed by atoms with E-state index in [-0.39, 0.29) is 5.91 Å².